The lowest BCUT2D eigenvalue weighted by molar-refractivity contribution is -0.130. The number of amides is 1. The van der Waals surface area contributed by atoms with Gasteiger partial charge in [-0.2, -0.15) is 5.10 Å². The van der Waals surface area contributed by atoms with Crippen LogP contribution in [0.25, 0.3) is 22.2 Å². The van der Waals surface area contributed by atoms with E-state index in [9.17, 15) is 14.0 Å². The summed E-state index contributed by atoms with van der Waals surface area (Å²) in [7, 11) is 1.74. The van der Waals surface area contributed by atoms with Crippen LogP contribution in [-0.2, 0) is 17.8 Å². The number of benzene rings is 2. The molecule has 0 aliphatic rings. The largest absolute Gasteiger partial charge is 0.346 e. The van der Waals surface area contributed by atoms with Crippen molar-refractivity contribution in [1.29, 1.82) is 0 Å². The van der Waals surface area contributed by atoms with Gasteiger partial charge in [-0.25, -0.2) is 9.07 Å². The molecule has 2 heterocycles. The molecule has 0 atom stereocenters. The van der Waals surface area contributed by atoms with Crippen molar-refractivity contribution >= 4 is 16.8 Å². The van der Waals surface area contributed by atoms with Crippen LogP contribution in [0.4, 0.5) is 4.39 Å². The molecule has 1 N–H and O–H groups in total. The number of rotatable bonds is 8. The van der Waals surface area contributed by atoms with Crippen LogP contribution < -0.4 is 5.56 Å². The maximum Gasteiger partial charge on any atom is 0.277 e. The molecule has 0 fully saturated rings. The van der Waals surface area contributed by atoms with E-state index in [1.807, 2.05) is 6.07 Å². The van der Waals surface area contributed by atoms with Crippen LogP contribution in [0.5, 0.6) is 0 Å². The molecule has 4 aromatic rings. The monoisotopic (exact) mass is 434 g/mol. The van der Waals surface area contributed by atoms with Gasteiger partial charge in [-0.1, -0.05) is 29.5 Å². The third kappa shape index (κ3) is 4.88. The Bertz CT molecular complexity index is 1300. The number of hydrogen-bond acceptors (Lipinski definition) is 5. The van der Waals surface area contributed by atoms with E-state index in [1.54, 1.807) is 48.3 Å². The molecule has 0 radical (unpaired) electrons. The number of aryl methyl sites for hydroxylation is 2. The smallest absolute Gasteiger partial charge is 0.277 e. The van der Waals surface area contributed by atoms with Crippen molar-refractivity contribution in [3.63, 3.8) is 0 Å². The average Bonchev–Trinajstić information content (AvgIpc) is 3.27. The Hall–Kier alpha value is -3.88. The van der Waals surface area contributed by atoms with Gasteiger partial charge in [0.25, 0.3) is 5.56 Å². The summed E-state index contributed by atoms with van der Waals surface area (Å²) in [5.41, 5.74) is 2.61. The normalized spacial score (nSPS) is 11.1. The Labute approximate surface area is 183 Å². The molecule has 0 unspecified atom stereocenters. The highest BCUT2D eigenvalue weighted by atomic mass is 19.1. The highest BCUT2D eigenvalue weighted by molar-refractivity contribution is 5.77. The van der Waals surface area contributed by atoms with Crippen LogP contribution in [0.2, 0.25) is 0 Å². The van der Waals surface area contributed by atoms with Gasteiger partial charge in [-0.3, -0.25) is 14.7 Å². The van der Waals surface area contributed by atoms with Gasteiger partial charge in [0, 0.05) is 31.3 Å². The lowest BCUT2D eigenvalue weighted by atomic mass is 10.1. The van der Waals surface area contributed by atoms with Crippen LogP contribution in [0.15, 0.2) is 59.4 Å². The van der Waals surface area contributed by atoms with Gasteiger partial charge in [0.15, 0.2) is 0 Å². The van der Waals surface area contributed by atoms with E-state index in [2.05, 4.69) is 20.5 Å². The topological polar surface area (TPSA) is 96.8 Å². The first kappa shape index (κ1) is 21.4. The van der Waals surface area contributed by atoms with E-state index in [0.29, 0.717) is 35.1 Å². The molecular formula is C23H23FN6O2. The van der Waals surface area contributed by atoms with Gasteiger partial charge in [0.1, 0.15) is 11.3 Å². The summed E-state index contributed by atoms with van der Waals surface area (Å²) in [4.78, 5) is 26.6. The fourth-order valence-electron chi connectivity index (χ4n) is 3.48. The van der Waals surface area contributed by atoms with Gasteiger partial charge in [-0.15, -0.1) is 5.10 Å². The standard InChI is InChI=1S/C23H23FN6O2/c1-29(12-5-8-18-15-21(26-25-18)16-6-4-7-17(24)14-16)22(31)11-13-30-23(32)19-9-2-3-10-20(19)27-28-30/h2-4,6-7,9-10,14-15H,5,8,11-13H2,1H3,(H,25,26). The number of halogens is 1. The lowest BCUT2D eigenvalue weighted by Crippen LogP contribution is -2.31. The number of carbonyl (C=O) groups excluding carboxylic acids is 1. The molecule has 0 bridgehead atoms. The quantitative estimate of drug-likeness (QED) is 0.460. The van der Waals surface area contributed by atoms with Gasteiger partial charge in [0.2, 0.25) is 5.91 Å². The molecule has 0 saturated carbocycles. The van der Waals surface area contributed by atoms with Crippen LogP contribution in [-0.4, -0.2) is 49.6 Å². The maximum absolute atomic E-state index is 13.4. The molecule has 0 spiro atoms. The summed E-state index contributed by atoms with van der Waals surface area (Å²) in [6.45, 7) is 0.739. The van der Waals surface area contributed by atoms with Gasteiger partial charge >= 0.3 is 0 Å². The molecule has 0 saturated heterocycles. The SMILES string of the molecule is CN(CCCc1cc(-c2cccc(F)c2)n[nH]1)C(=O)CCn1nnc2ccccc2c1=O. The number of H-pyrrole nitrogens is 1. The van der Waals surface area contributed by atoms with Gasteiger partial charge in [0.05, 0.1) is 17.6 Å². The zero-order valence-corrected chi connectivity index (χ0v) is 17.7. The van der Waals surface area contributed by atoms with Gasteiger partial charge < -0.3 is 4.90 Å². The van der Waals surface area contributed by atoms with Crippen molar-refractivity contribution in [1.82, 2.24) is 30.1 Å². The Kier molecular flexibility index (Phi) is 6.34. The second kappa shape index (κ2) is 9.51. The molecule has 9 heteroatoms. The van der Waals surface area contributed by atoms with Gasteiger partial charge in [-0.05, 0) is 43.2 Å². The molecule has 0 aliphatic heterocycles. The molecule has 32 heavy (non-hydrogen) atoms. The van der Waals surface area contributed by atoms with Crippen molar-refractivity contribution in [3.8, 4) is 11.3 Å². The van der Waals surface area contributed by atoms with E-state index in [4.69, 9.17) is 0 Å². The van der Waals surface area contributed by atoms with Crippen LogP contribution >= 0.6 is 0 Å². The molecule has 1 amide bonds. The number of hydrogen-bond donors (Lipinski definition) is 1. The summed E-state index contributed by atoms with van der Waals surface area (Å²) in [6, 6.07) is 15.2. The zero-order chi connectivity index (χ0) is 22.5. The second-order valence-corrected chi connectivity index (χ2v) is 7.59. The third-order valence-electron chi connectivity index (χ3n) is 5.28. The Balaban J connectivity index is 1.27. The average molecular weight is 434 g/mol. The minimum absolute atomic E-state index is 0.0723. The van der Waals surface area contributed by atoms with Crippen LogP contribution in [0, 0.1) is 5.82 Å². The first-order chi connectivity index (χ1) is 15.5. The fraction of sp³-hybridized carbons (Fsp3) is 0.261. The lowest BCUT2D eigenvalue weighted by Gasteiger charge is -2.17. The first-order valence-corrected chi connectivity index (χ1v) is 10.4. The predicted molar refractivity (Wildman–Crippen MR) is 118 cm³/mol. The van der Waals surface area contributed by atoms with Crippen molar-refractivity contribution in [2.45, 2.75) is 25.8 Å². The molecular weight excluding hydrogens is 411 g/mol. The second-order valence-electron chi connectivity index (χ2n) is 7.59. The molecule has 4 rings (SSSR count). The number of fused-ring (bicyclic) bond motifs is 1. The molecule has 2 aromatic carbocycles. The zero-order valence-electron chi connectivity index (χ0n) is 17.7. The van der Waals surface area contributed by atoms with E-state index in [0.717, 1.165) is 12.1 Å². The highest BCUT2D eigenvalue weighted by Crippen LogP contribution is 2.19. The maximum atomic E-state index is 13.4. The van der Waals surface area contributed by atoms with E-state index in [1.165, 1.54) is 16.8 Å². The molecule has 8 nitrogen and oxygen atoms in total. The first-order valence-electron chi connectivity index (χ1n) is 10.4. The van der Waals surface area contributed by atoms with Crippen molar-refractivity contribution in [2.75, 3.05) is 13.6 Å². The minimum Gasteiger partial charge on any atom is -0.346 e. The van der Waals surface area contributed by atoms with Crippen LogP contribution in [0.1, 0.15) is 18.5 Å². The number of aromatic nitrogens is 5. The summed E-state index contributed by atoms with van der Waals surface area (Å²) >= 11 is 0. The number of aromatic amines is 1. The Morgan fingerprint density at radius 3 is 2.84 bits per heavy atom. The van der Waals surface area contributed by atoms with Crippen LogP contribution in [0.3, 0.4) is 0 Å². The summed E-state index contributed by atoms with van der Waals surface area (Å²) in [5.74, 6) is -0.374. The van der Waals surface area contributed by atoms with E-state index in [-0.39, 0.29) is 30.2 Å². The van der Waals surface area contributed by atoms with Crippen molar-refractivity contribution < 1.29 is 9.18 Å². The summed E-state index contributed by atoms with van der Waals surface area (Å²) in [5, 5.41) is 15.6. The molecule has 164 valence electrons. The van der Waals surface area contributed by atoms with Crippen molar-refractivity contribution in [2.24, 2.45) is 0 Å². The fourth-order valence-corrected chi connectivity index (χ4v) is 3.48. The summed E-state index contributed by atoms with van der Waals surface area (Å²) in [6.07, 6.45) is 1.61. The summed E-state index contributed by atoms with van der Waals surface area (Å²) < 4.78 is 14.6. The van der Waals surface area contributed by atoms with E-state index >= 15 is 0 Å². The predicted octanol–water partition coefficient (Wildman–Crippen LogP) is 2.80. The minimum atomic E-state index is -0.302. The number of carbonyl (C=O) groups is 1. The van der Waals surface area contributed by atoms with E-state index < -0.39 is 0 Å². The molecule has 0 aliphatic carbocycles. The highest BCUT2D eigenvalue weighted by Gasteiger charge is 2.12. The Morgan fingerprint density at radius 1 is 1.16 bits per heavy atom. The number of nitrogens with zero attached hydrogens (tertiary/aromatic N) is 5. The Morgan fingerprint density at radius 2 is 2.00 bits per heavy atom. The molecule has 2 aromatic heterocycles. The number of nitrogens with one attached hydrogen (secondary N) is 1. The third-order valence-corrected chi connectivity index (χ3v) is 5.28. The van der Waals surface area contributed by atoms with Crippen molar-refractivity contribution in [3.05, 3.63) is 76.5 Å².